The minimum Gasteiger partial charge on any atom is -0.346 e. The standard InChI is InChI=1S/C14H16N4O2S/c19-12(9-21-8-10-4-5-10)16-7-13-17-14(18-20-13)11-3-1-2-6-15-11/h1-3,6,10H,4-5,7-9H2,(H,16,19). The quantitative estimate of drug-likeness (QED) is 0.841. The molecule has 0 aromatic carbocycles. The van der Waals surface area contributed by atoms with Crippen LogP contribution < -0.4 is 5.32 Å². The Morgan fingerprint density at radius 1 is 1.43 bits per heavy atom. The van der Waals surface area contributed by atoms with Crippen molar-refractivity contribution >= 4 is 17.7 Å². The molecule has 1 N–H and O–H groups in total. The van der Waals surface area contributed by atoms with Gasteiger partial charge in [0.15, 0.2) is 0 Å². The van der Waals surface area contributed by atoms with Gasteiger partial charge in [0.2, 0.25) is 17.6 Å². The molecule has 0 atom stereocenters. The van der Waals surface area contributed by atoms with Crippen LogP contribution in [-0.2, 0) is 11.3 Å². The minimum absolute atomic E-state index is 0.00163. The van der Waals surface area contributed by atoms with Gasteiger partial charge in [-0.15, -0.1) is 0 Å². The lowest BCUT2D eigenvalue weighted by molar-refractivity contribution is -0.118. The van der Waals surface area contributed by atoms with Gasteiger partial charge in [0.1, 0.15) is 5.69 Å². The predicted molar refractivity (Wildman–Crippen MR) is 79.4 cm³/mol. The first kappa shape index (κ1) is 14.1. The van der Waals surface area contributed by atoms with Crippen LogP contribution in [0.2, 0.25) is 0 Å². The van der Waals surface area contributed by atoms with E-state index in [0.29, 0.717) is 23.2 Å². The maximum absolute atomic E-state index is 11.7. The van der Waals surface area contributed by atoms with Gasteiger partial charge in [0.25, 0.3) is 0 Å². The average Bonchev–Trinajstić information content (AvgIpc) is 3.21. The maximum atomic E-state index is 11.7. The number of hydrogen-bond donors (Lipinski definition) is 1. The molecule has 0 bridgehead atoms. The molecule has 3 rings (SSSR count). The second-order valence-electron chi connectivity index (χ2n) is 4.96. The summed E-state index contributed by atoms with van der Waals surface area (Å²) in [6, 6.07) is 5.49. The largest absolute Gasteiger partial charge is 0.346 e. The third kappa shape index (κ3) is 4.29. The van der Waals surface area contributed by atoms with Gasteiger partial charge in [0.05, 0.1) is 12.3 Å². The van der Waals surface area contributed by atoms with Gasteiger partial charge in [-0.25, -0.2) is 0 Å². The molecule has 0 radical (unpaired) electrons. The fourth-order valence-electron chi connectivity index (χ4n) is 1.75. The molecule has 2 aromatic heterocycles. The number of carbonyl (C=O) groups is 1. The molecule has 1 amide bonds. The summed E-state index contributed by atoms with van der Waals surface area (Å²) in [7, 11) is 0. The number of nitrogens with zero attached hydrogens (tertiary/aromatic N) is 3. The molecule has 110 valence electrons. The Hall–Kier alpha value is -1.89. The zero-order chi connectivity index (χ0) is 14.5. The number of aromatic nitrogens is 3. The second-order valence-corrected chi connectivity index (χ2v) is 5.99. The number of carbonyl (C=O) groups excluding carboxylic acids is 1. The van der Waals surface area contributed by atoms with Crippen LogP contribution in [0.5, 0.6) is 0 Å². The van der Waals surface area contributed by atoms with E-state index in [0.717, 1.165) is 11.7 Å². The van der Waals surface area contributed by atoms with E-state index in [2.05, 4.69) is 20.4 Å². The van der Waals surface area contributed by atoms with Crippen LogP contribution in [0.25, 0.3) is 11.5 Å². The van der Waals surface area contributed by atoms with Gasteiger partial charge in [-0.2, -0.15) is 16.7 Å². The highest BCUT2D eigenvalue weighted by molar-refractivity contribution is 7.99. The van der Waals surface area contributed by atoms with E-state index in [-0.39, 0.29) is 12.5 Å². The van der Waals surface area contributed by atoms with E-state index >= 15 is 0 Å². The summed E-state index contributed by atoms with van der Waals surface area (Å²) in [4.78, 5) is 20.0. The van der Waals surface area contributed by atoms with Crippen LogP contribution in [0, 0.1) is 5.92 Å². The van der Waals surface area contributed by atoms with Crippen molar-refractivity contribution in [2.45, 2.75) is 19.4 Å². The highest BCUT2D eigenvalue weighted by Gasteiger charge is 2.21. The highest BCUT2D eigenvalue weighted by atomic mass is 32.2. The summed E-state index contributed by atoms with van der Waals surface area (Å²) in [5, 5.41) is 6.63. The van der Waals surface area contributed by atoms with Crippen molar-refractivity contribution in [1.82, 2.24) is 20.4 Å². The number of hydrogen-bond acceptors (Lipinski definition) is 6. The second kappa shape index (κ2) is 6.71. The van der Waals surface area contributed by atoms with Crippen LogP contribution in [-0.4, -0.2) is 32.5 Å². The molecule has 2 heterocycles. The van der Waals surface area contributed by atoms with Gasteiger partial charge < -0.3 is 9.84 Å². The molecule has 2 aromatic rings. The Morgan fingerprint density at radius 2 is 2.33 bits per heavy atom. The van der Waals surface area contributed by atoms with E-state index in [9.17, 15) is 4.79 Å². The Bertz CT molecular complexity index is 598. The molecule has 1 aliphatic rings. The molecule has 7 heteroatoms. The maximum Gasteiger partial charge on any atom is 0.246 e. The van der Waals surface area contributed by atoms with Crippen molar-refractivity contribution < 1.29 is 9.32 Å². The highest BCUT2D eigenvalue weighted by Crippen LogP contribution is 2.32. The van der Waals surface area contributed by atoms with Crippen LogP contribution in [0.3, 0.4) is 0 Å². The van der Waals surface area contributed by atoms with Crippen molar-refractivity contribution in [2.75, 3.05) is 11.5 Å². The fourth-order valence-corrected chi connectivity index (χ4v) is 2.83. The number of amides is 1. The zero-order valence-corrected chi connectivity index (χ0v) is 12.3. The van der Waals surface area contributed by atoms with E-state index in [1.54, 1.807) is 18.0 Å². The SMILES string of the molecule is O=C(CSCC1CC1)NCc1nc(-c2ccccn2)no1. The first-order chi connectivity index (χ1) is 10.3. The molecule has 0 aliphatic heterocycles. The van der Waals surface area contributed by atoms with Crippen molar-refractivity contribution in [3.8, 4) is 11.5 Å². The van der Waals surface area contributed by atoms with Crippen LogP contribution in [0.15, 0.2) is 28.9 Å². The molecular formula is C14H16N4O2S. The zero-order valence-electron chi connectivity index (χ0n) is 11.5. The topological polar surface area (TPSA) is 80.9 Å². The van der Waals surface area contributed by atoms with Gasteiger partial charge in [-0.3, -0.25) is 9.78 Å². The average molecular weight is 304 g/mol. The predicted octanol–water partition coefficient (Wildman–Crippen LogP) is 1.89. The monoisotopic (exact) mass is 304 g/mol. The van der Waals surface area contributed by atoms with Gasteiger partial charge in [0, 0.05) is 6.20 Å². The minimum atomic E-state index is -0.00163. The van der Waals surface area contributed by atoms with E-state index in [4.69, 9.17) is 4.52 Å². The molecule has 1 aliphatic carbocycles. The van der Waals surface area contributed by atoms with Crippen molar-refractivity contribution in [3.05, 3.63) is 30.3 Å². The summed E-state index contributed by atoms with van der Waals surface area (Å²) in [5.41, 5.74) is 0.652. The Labute approximate surface area is 126 Å². The number of thioether (sulfide) groups is 1. The van der Waals surface area contributed by atoms with Crippen molar-refractivity contribution in [2.24, 2.45) is 5.92 Å². The lowest BCUT2D eigenvalue weighted by atomic mass is 10.3. The van der Waals surface area contributed by atoms with Gasteiger partial charge >= 0.3 is 0 Å². The normalized spacial score (nSPS) is 14.1. The third-order valence-corrected chi connectivity index (χ3v) is 4.26. The summed E-state index contributed by atoms with van der Waals surface area (Å²) in [6.07, 6.45) is 4.30. The Balaban J connectivity index is 1.44. The van der Waals surface area contributed by atoms with Crippen LogP contribution >= 0.6 is 11.8 Å². The van der Waals surface area contributed by atoms with Crippen LogP contribution in [0.4, 0.5) is 0 Å². The molecule has 1 fully saturated rings. The lowest BCUT2D eigenvalue weighted by Gasteiger charge is -2.01. The molecule has 0 unspecified atom stereocenters. The first-order valence-electron chi connectivity index (χ1n) is 6.89. The summed E-state index contributed by atoms with van der Waals surface area (Å²) < 4.78 is 5.10. The van der Waals surface area contributed by atoms with Crippen molar-refractivity contribution in [3.63, 3.8) is 0 Å². The fraction of sp³-hybridized carbons (Fsp3) is 0.429. The summed E-state index contributed by atoms with van der Waals surface area (Å²) in [6.45, 7) is 0.253. The Kier molecular flexibility index (Phi) is 4.49. The molecular weight excluding hydrogens is 288 g/mol. The molecule has 6 nitrogen and oxygen atoms in total. The number of nitrogens with one attached hydrogen (secondary N) is 1. The molecule has 1 saturated carbocycles. The first-order valence-corrected chi connectivity index (χ1v) is 8.05. The summed E-state index contributed by atoms with van der Waals surface area (Å²) >= 11 is 1.68. The third-order valence-electron chi connectivity index (χ3n) is 3.08. The molecule has 0 saturated heterocycles. The van der Waals surface area contributed by atoms with E-state index in [1.165, 1.54) is 12.8 Å². The molecule has 0 spiro atoms. The van der Waals surface area contributed by atoms with E-state index in [1.807, 2.05) is 18.2 Å². The Morgan fingerprint density at radius 3 is 3.10 bits per heavy atom. The summed E-state index contributed by atoms with van der Waals surface area (Å²) in [5.74, 6) is 3.22. The number of rotatable bonds is 7. The lowest BCUT2D eigenvalue weighted by Crippen LogP contribution is -2.24. The van der Waals surface area contributed by atoms with Crippen molar-refractivity contribution in [1.29, 1.82) is 0 Å². The van der Waals surface area contributed by atoms with Crippen LogP contribution in [0.1, 0.15) is 18.7 Å². The number of pyridine rings is 1. The van der Waals surface area contributed by atoms with Gasteiger partial charge in [-0.1, -0.05) is 11.2 Å². The smallest absolute Gasteiger partial charge is 0.246 e. The van der Waals surface area contributed by atoms with Gasteiger partial charge in [-0.05, 0) is 36.6 Å². The molecule has 21 heavy (non-hydrogen) atoms. The van der Waals surface area contributed by atoms with E-state index < -0.39 is 0 Å².